The largest absolute Gasteiger partial charge is 0.467 e. The standard InChI is InChI=1S/C16H16BrN3O2S/c17-13-6-4-12(5-7-13)15(21)19-8-2-9-20(19)16(23)18-11-14-3-1-10-22-14/h1,3-7,10H,2,8-9,11H2,(H,18,23). The summed E-state index contributed by atoms with van der Waals surface area (Å²) in [5, 5.41) is 7.18. The van der Waals surface area contributed by atoms with Gasteiger partial charge in [0.1, 0.15) is 5.76 Å². The Labute approximate surface area is 148 Å². The monoisotopic (exact) mass is 393 g/mol. The number of halogens is 1. The smallest absolute Gasteiger partial charge is 0.272 e. The summed E-state index contributed by atoms with van der Waals surface area (Å²) in [6.45, 7) is 1.90. The highest BCUT2D eigenvalue weighted by Crippen LogP contribution is 2.17. The van der Waals surface area contributed by atoms with Crippen LogP contribution in [0.3, 0.4) is 0 Å². The lowest BCUT2D eigenvalue weighted by molar-refractivity contribution is 0.0491. The third-order valence-electron chi connectivity index (χ3n) is 3.59. The molecule has 3 rings (SSSR count). The van der Waals surface area contributed by atoms with Crippen molar-refractivity contribution in [1.29, 1.82) is 0 Å². The highest BCUT2D eigenvalue weighted by atomic mass is 79.9. The second-order valence-corrected chi connectivity index (χ2v) is 6.45. The van der Waals surface area contributed by atoms with Gasteiger partial charge in [0.05, 0.1) is 12.8 Å². The molecular formula is C16H16BrN3O2S. The second kappa shape index (κ2) is 7.14. The number of furan rings is 1. The molecule has 120 valence electrons. The maximum Gasteiger partial charge on any atom is 0.272 e. The molecular weight excluding hydrogens is 378 g/mol. The number of nitrogens with zero attached hydrogens (tertiary/aromatic N) is 2. The number of hydrogen-bond donors (Lipinski definition) is 1. The quantitative estimate of drug-likeness (QED) is 0.811. The lowest BCUT2D eigenvalue weighted by atomic mass is 10.2. The van der Waals surface area contributed by atoms with Crippen molar-refractivity contribution < 1.29 is 9.21 Å². The average Bonchev–Trinajstić information content (AvgIpc) is 3.24. The minimum Gasteiger partial charge on any atom is -0.467 e. The number of hydrazine groups is 1. The molecule has 1 saturated heterocycles. The van der Waals surface area contributed by atoms with Crippen LogP contribution in [0.1, 0.15) is 22.5 Å². The molecule has 2 heterocycles. The molecule has 2 aromatic rings. The maximum atomic E-state index is 12.7. The Morgan fingerprint density at radius 2 is 1.96 bits per heavy atom. The summed E-state index contributed by atoms with van der Waals surface area (Å²) in [7, 11) is 0. The van der Waals surface area contributed by atoms with Crippen LogP contribution in [0.5, 0.6) is 0 Å². The van der Waals surface area contributed by atoms with Crippen molar-refractivity contribution in [3.63, 3.8) is 0 Å². The van der Waals surface area contributed by atoms with E-state index < -0.39 is 0 Å². The van der Waals surface area contributed by atoms with Crippen molar-refractivity contribution in [2.75, 3.05) is 13.1 Å². The normalized spacial score (nSPS) is 14.1. The number of carbonyl (C=O) groups is 1. The van der Waals surface area contributed by atoms with Gasteiger partial charge >= 0.3 is 0 Å². The van der Waals surface area contributed by atoms with E-state index >= 15 is 0 Å². The fraction of sp³-hybridized carbons (Fsp3) is 0.250. The van der Waals surface area contributed by atoms with Crippen LogP contribution in [0.4, 0.5) is 0 Å². The number of rotatable bonds is 3. The van der Waals surface area contributed by atoms with E-state index in [9.17, 15) is 4.79 Å². The van der Waals surface area contributed by atoms with Crippen molar-refractivity contribution in [2.45, 2.75) is 13.0 Å². The fourth-order valence-electron chi connectivity index (χ4n) is 2.44. The summed E-state index contributed by atoms with van der Waals surface area (Å²) in [5.74, 6) is 0.759. The molecule has 0 saturated carbocycles. The first-order valence-corrected chi connectivity index (χ1v) is 8.50. The maximum absolute atomic E-state index is 12.7. The van der Waals surface area contributed by atoms with Crippen LogP contribution >= 0.6 is 28.1 Å². The lowest BCUT2D eigenvalue weighted by Gasteiger charge is -2.30. The van der Waals surface area contributed by atoms with Crippen LogP contribution in [0.25, 0.3) is 0 Å². The van der Waals surface area contributed by atoms with Gasteiger partial charge in [-0.05, 0) is 55.0 Å². The third kappa shape index (κ3) is 3.73. The third-order valence-corrected chi connectivity index (χ3v) is 4.47. The minimum atomic E-state index is -0.0443. The molecule has 0 aliphatic carbocycles. The molecule has 0 unspecified atom stereocenters. The predicted octanol–water partition coefficient (Wildman–Crippen LogP) is 3.18. The van der Waals surface area contributed by atoms with Crippen molar-refractivity contribution in [1.82, 2.24) is 15.3 Å². The molecule has 1 aliphatic heterocycles. The summed E-state index contributed by atoms with van der Waals surface area (Å²) in [6.07, 6.45) is 2.52. The lowest BCUT2D eigenvalue weighted by Crippen LogP contribution is -2.48. The average molecular weight is 394 g/mol. The topological polar surface area (TPSA) is 48.7 Å². The Bertz CT molecular complexity index is 688. The van der Waals surface area contributed by atoms with Crippen LogP contribution < -0.4 is 5.32 Å². The summed E-state index contributed by atoms with van der Waals surface area (Å²) >= 11 is 8.80. The molecule has 1 N–H and O–H groups in total. The molecule has 1 aromatic heterocycles. The number of carbonyl (C=O) groups excluding carboxylic acids is 1. The van der Waals surface area contributed by atoms with Gasteiger partial charge in [0.2, 0.25) is 0 Å². The van der Waals surface area contributed by atoms with Gasteiger partial charge in [-0.2, -0.15) is 0 Å². The van der Waals surface area contributed by atoms with Crippen LogP contribution in [0.15, 0.2) is 51.6 Å². The molecule has 0 bridgehead atoms. The molecule has 23 heavy (non-hydrogen) atoms. The first kappa shape index (κ1) is 16.0. The van der Waals surface area contributed by atoms with Crippen molar-refractivity contribution in [3.8, 4) is 0 Å². The van der Waals surface area contributed by atoms with E-state index in [4.69, 9.17) is 16.6 Å². The number of thiocarbonyl (C=S) groups is 1. The zero-order chi connectivity index (χ0) is 16.2. The molecule has 1 amide bonds. The number of amides is 1. The molecule has 1 fully saturated rings. The van der Waals surface area contributed by atoms with E-state index in [0.29, 0.717) is 23.8 Å². The Morgan fingerprint density at radius 3 is 2.65 bits per heavy atom. The van der Waals surface area contributed by atoms with Gasteiger partial charge in [0.25, 0.3) is 5.91 Å². The van der Waals surface area contributed by atoms with Gasteiger partial charge in [-0.1, -0.05) is 15.9 Å². The van der Waals surface area contributed by atoms with Crippen molar-refractivity contribution >= 4 is 39.2 Å². The first-order chi connectivity index (χ1) is 11.1. The van der Waals surface area contributed by atoms with E-state index in [1.807, 2.05) is 41.4 Å². The predicted molar refractivity (Wildman–Crippen MR) is 94.6 cm³/mol. The van der Waals surface area contributed by atoms with Gasteiger partial charge in [-0.25, -0.2) is 5.01 Å². The van der Waals surface area contributed by atoms with E-state index in [1.54, 1.807) is 11.3 Å². The first-order valence-electron chi connectivity index (χ1n) is 7.30. The Morgan fingerprint density at radius 1 is 1.22 bits per heavy atom. The van der Waals surface area contributed by atoms with Crippen LogP contribution in [0, 0.1) is 0 Å². The Balaban J connectivity index is 1.65. The second-order valence-electron chi connectivity index (χ2n) is 5.15. The zero-order valence-electron chi connectivity index (χ0n) is 12.4. The van der Waals surface area contributed by atoms with Crippen molar-refractivity contribution in [3.05, 3.63) is 58.5 Å². The number of benzene rings is 1. The van der Waals surface area contributed by atoms with E-state index in [0.717, 1.165) is 23.2 Å². The Hall–Kier alpha value is -1.86. The highest BCUT2D eigenvalue weighted by molar-refractivity contribution is 9.10. The molecule has 0 radical (unpaired) electrons. The van der Waals surface area contributed by atoms with E-state index in [1.165, 1.54) is 0 Å². The number of hydrogen-bond acceptors (Lipinski definition) is 3. The van der Waals surface area contributed by atoms with Gasteiger partial charge in [-0.3, -0.25) is 9.80 Å². The minimum absolute atomic E-state index is 0.0443. The molecule has 0 spiro atoms. The summed E-state index contributed by atoms with van der Waals surface area (Å²) in [6, 6.07) is 11.1. The molecule has 1 aliphatic rings. The van der Waals surface area contributed by atoms with E-state index in [2.05, 4.69) is 21.2 Å². The van der Waals surface area contributed by atoms with E-state index in [-0.39, 0.29) is 5.91 Å². The van der Waals surface area contributed by atoms with Gasteiger partial charge < -0.3 is 9.73 Å². The van der Waals surface area contributed by atoms with Crippen LogP contribution in [-0.2, 0) is 6.54 Å². The highest BCUT2D eigenvalue weighted by Gasteiger charge is 2.29. The van der Waals surface area contributed by atoms with Crippen molar-refractivity contribution in [2.24, 2.45) is 0 Å². The summed E-state index contributed by atoms with van der Waals surface area (Å²) < 4.78 is 6.22. The van der Waals surface area contributed by atoms with Gasteiger partial charge in [0.15, 0.2) is 5.11 Å². The molecule has 5 nitrogen and oxygen atoms in total. The summed E-state index contributed by atoms with van der Waals surface area (Å²) in [5.41, 5.74) is 0.647. The zero-order valence-corrected chi connectivity index (χ0v) is 14.8. The number of nitrogens with one attached hydrogen (secondary N) is 1. The molecule has 0 atom stereocenters. The SMILES string of the molecule is O=C(c1ccc(Br)cc1)N1CCCN1C(=S)NCc1ccco1. The molecule has 7 heteroatoms. The van der Waals surface area contributed by atoms with Crippen LogP contribution in [0.2, 0.25) is 0 Å². The fourth-order valence-corrected chi connectivity index (χ4v) is 2.97. The summed E-state index contributed by atoms with van der Waals surface area (Å²) in [4.78, 5) is 12.7. The van der Waals surface area contributed by atoms with Crippen LogP contribution in [-0.4, -0.2) is 34.1 Å². The van der Waals surface area contributed by atoms with Gasteiger partial charge in [-0.15, -0.1) is 0 Å². The Kier molecular flexibility index (Phi) is 4.97. The van der Waals surface area contributed by atoms with Gasteiger partial charge in [0, 0.05) is 23.1 Å². The molecule has 1 aromatic carbocycles.